The number of carbonyl (C=O) groups is 3. The lowest BCUT2D eigenvalue weighted by Crippen LogP contribution is -2.24. The largest absolute Gasteiger partial charge is 0.459 e. The lowest BCUT2D eigenvalue weighted by atomic mass is 10.2. The molecular formula is C20H16N4O4S. The van der Waals surface area contributed by atoms with Crippen molar-refractivity contribution >= 4 is 61.1 Å². The predicted octanol–water partition coefficient (Wildman–Crippen LogP) is 3.53. The number of aromatic nitrogens is 2. The molecule has 29 heavy (non-hydrogen) atoms. The van der Waals surface area contributed by atoms with Crippen molar-refractivity contribution in [3.63, 3.8) is 0 Å². The van der Waals surface area contributed by atoms with E-state index in [0.29, 0.717) is 22.0 Å². The van der Waals surface area contributed by atoms with Crippen LogP contribution in [0.1, 0.15) is 17.4 Å². The number of hydrogen-bond donors (Lipinski definition) is 3. The Kier molecular flexibility index (Phi) is 4.96. The number of ether oxygens (including phenoxy) is 1. The summed E-state index contributed by atoms with van der Waals surface area (Å²) in [6, 6.07) is 14.4. The number of nitrogens with zero attached hydrogens (tertiary/aromatic N) is 1. The van der Waals surface area contributed by atoms with Gasteiger partial charge in [0.1, 0.15) is 5.69 Å². The van der Waals surface area contributed by atoms with Crippen LogP contribution in [0.4, 0.5) is 10.8 Å². The SMILES string of the molecule is CCOC(=O)C(=O)Nc1ccc2nc(NC(=O)c3cc4ccccc4[nH]3)sc2c1. The zero-order chi connectivity index (χ0) is 20.4. The van der Waals surface area contributed by atoms with E-state index in [4.69, 9.17) is 0 Å². The molecule has 0 bridgehead atoms. The van der Waals surface area contributed by atoms with Gasteiger partial charge in [-0.3, -0.25) is 14.9 Å². The van der Waals surface area contributed by atoms with Crippen molar-refractivity contribution in [1.82, 2.24) is 9.97 Å². The molecule has 0 aliphatic carbocycles. The van der Waals surface area contributed by atoms with Crippen LogP contribution in [-0.2, 0) is 14.3 Å². The molecule has 2 aromatic carbocycles. The van der Waals surface area contributed by atoms with Crippen LogP contribution in [0.3, 0.4) is 0 Å². The van der Waals surface area contributed by atoms with E-state index in [-0.39, 0.29) is 12.5 Å². The van der Waals surface area contributed by atoms with Crippen molar-refractivity contribution in [3.05, 3.63) is 54.2 Å². The highest BCUT2D eigenvalue weighted by Gasteiger charge is 2.16. The normalized spacial score (nSPS) is 10.8. The number of benzene rings is 2. The summed E-state index contributed by atoms with van der Waals surface area (Å²) in [4.78, 5) is 43.2. The molecule has 0 saturated carbocycles. The maximum atomic E-state index is 12.5. The van der Waals surface area contributed by atoms with Crippen LogP contribution in [-0.4, -0.2) is 34.4 Å². The van der Waals surface area contributed by atoms with Crippen LogP contribution in [0.2, 0.25) is 0 Å². The first-order valence-corrected chi connectivity index (χ1v) is 9.63. The number of fused-ring (bicyclic) bond motifs is 2. The van der Waals surface area contributed by atoms with E-state index >= 15 is 0 Å². The predicted molar refractivity (Wildman–Crippen MR) is 111 cm³/mol. The lowest BCUT2D eigenvalue weighted by molar-refractivity contribution is -0.152. The second kappa shape index (κ2) is 7.72. The zero-order valence-electron chi connectivity index (χ0n) is 15.3. The van der Waals surface area contributed by atoms with Gasteiger partial charge in [0, 0.05) is 16.6 Å². The third-order valence-corrected chi connectivity index (χ3v) is 5.04. The average Bonchev–Trinajstić information content (AvgIpc) is 3.31. The number of rotatable bonds is 4. The molecule has 146 valence electrons. The Morgan fingerprint density at radius 2 is 1.93 bits per heavy atom. The van der Waals surface area contributed by atoms with E-state index in [0.717, 1.165) is 15.6 Å². The van der Waals surface area contributed by atoms with Crippen LogP contribution in [0, 0.1) is 0 Å². The number of thiazole rings is 1. The fourth-order valence-electron chi connectivity index (χ4n) is 2.79. The molecule has 0 spiro atoms. The summed E-state index contributed by atoms with van der Waals surface area (Å²) in [6.45, 7) is 1.75. The zero-order valence-corrected chi connectivity index (χ0v) is 16.1. The number of anilines is 2. The minimum atomic E-state index is -0.941. The number of H-pyrrole nitrogens is 1. The van der Waals surface area contributed by atoms with E-state index in [1.807, 2.05) is 24.3 Å². The van der Waals surface area contributed by atoms with E-state index in [9.17, 15) is 14.4 Å². The van der Waals surface area contributed by atoms with Crippen molar-refractivity contribution in [2.24, 2.45) is 0 Å². The molecule has 9 heteroatoms. The fourth-order valence-corrected chi connectivity index (χ4v) is 3.69. The molecule has 0 unspecified atom stereocenters. The molecule has 4 aromatic rings. The van der Waals surface area contributed by atoms with E-state index in [1.165, 1.54) is 11.3 Å². The minimum Gasteiger partial charge on any atom is -0.459 e. The van der Waals surface area contributed by atoms with Crippen molar-refractivity contribution in [2.45, 2.75) is 6.92 Å². The Hall–Kier alpha value is -3.72. The topological polar surface area (TPSA) is 113 Å². The molecule has 0 saturated heterocycles. The van der Waals surface area contributed by atoms with Crippen molar-refractivity contribution in [2.75, 3.05) is 17.2 Å². The summed E-state index contributed by atoms with van der Waals surface area (Å²) in [5, 5.41) is 6.64. The van der Waals surface area contributed by atoms with Crippen LogP contribution in [0.5, 0.6) is 0 Å². The maximum absolute atomic E-state index is 12.5. The molecule has 2 amide bonds. The van der Waals surface area contributed by atoms with Crippen LogP contribution >= 0.6 is 11.3 Å². The number of aromatic amines is 1. The molecule has 4 rings (SSSR count). The summed E-state index contributed by atoms with van der Waals surface area (Å²) >= 11 is 1.26. The van der Waals surface area contributed by atoms with Gasteiger partial charge in [-0.05, 0) is 37.3 Å². The molecule has 0 aliphatic heterocycles. The number of esters is 1. The Labute approximate surface area is 168 Å². The second-order valence-corrected chi connectivity index (χ2v) is 7.13. The molecule has 0 aliphatic rings. The fraction of sp³-hybridized carbons (Fsp3) is 0.100. The van der Waals surface area contributed by atoms with Gasteiger partial charge in [0.05, 0.1) is 16.8 Å². The summed E-state index contributed by atoms with van der Waals surface area (Å²) in [7, 11) is 0. The first-order valence-electron chi connectivity index (χ1n) is 8.81. The van der Waals surface area contributed by atoms with E-state index in [1.54, 1.807) is 31.2 Å². The van der Waals surface area contributed by atoms with Gasteiger partial charge >= 0.3 is 11.9 Å². The van der Waals surface area contributed by atoms with Gasteiger partial charge in [0.2, 0.25) is 0 Å². The van der Waals surface area contributed by atoms with E-state index in [2.05, 4.69) is 25.3 Å². The number of carbonyl (C=O) groups excluding carboxylic acids is 3. The van der Waals surface area contributed by atoms with Crippen LogP contribution < -0.4 is 10.6 Å². The van der Waals surface area contributed by atoms with Crippen LogP contribution in [0.25, 0.3) is 21.1 Å². The van der Waals surface area contributed by atoms with Gasteiger partial charge in [-0.15, -0.1) is 0 Å². The van der Waals surface area contributed by atoms with E-state index < -0.39 is 11.9 Å². The monoisotopic (exact) mass is 408 g/mol. The number of amides is 2. The van der Waals surface area contributed by atoms with Crippen molar-refractivity contribution < 1.29 is 19.1 Å². The lowest BCUT2D eigenvalue weighted by Gasteiger charge is -2.04. The summed E-state index contributed by atoms with van der Waals surface area (Å²) in [5.41, 5.74) is 2.42. The average molecular weight is 408 g/mol. The van der Waals surface area contributed by atoms with Gasteiger partial charge in [-0.1, -0.05) is 29.5 Å². The van der Waals surface area contributed by atoms with Gasteiger partial charge in [-0.25, -0.2) is 9.78 Å². The third-order valence-electron chi connectivity index (χ3n) is 4.10. The Balaban J connectivity index is 1.50. The number of para-hydroxylation sites is 1. The highest BCUT2D eigenvalue weighted by Crippen LogP contribution is 2.29. The van der Waals surface area contributed by atoms with Gasteiger partial charge in [-0.2, -0.15) is 0 Å². The molecule has 2 aromatic heterocycles. The van der Waals surface area contributed by atoms with Gasteiger partial charge in [0.25, 0.3) is 5.91 Å². The smallest absolute Gasteiger partial charge is 0.397 e. The quantitative estimate of drug-likeness (QED) is 0.353. The van der Waals surface area contributed by atoms with Gasteiger partial charge in [0.15, 0.2) is 5.13 Å². The molecule has 3 N–H and O–H groups in total. The summed E-state index contributed by atoms with van der Waals surface area (Å²) in [6.07, 6.45) is 0. The summed E-state index contributed by atoms with van der Waals surface area (Å²) < 4.78 is 5.41. The third kappa shape index (κ3) is 3.94. The first kappa shape index (κ1) is 18.6. The second-order valence-electron chi connectivity index (χ2n) is 6.10. The molecule has 8 nitrogen and oxygen atoms in total. The highest BCUT2D eigenvalue weighted by molar-refractivity contribution is 7.22. The van der Waals surface area contributed by atoms with Crippen molar-refractivity contribution in [3.8, 4) is 0 Å². The number of nitrogens with one attached hydrogen (secondary N) is 3. The summed E-state index contributed by atoms with van der Waals surface area (Å²) in [5.74, 6) is -2.08. The Morgan fingerprint density at radius 1 is 1.10 bits per heavy atom. The molecular weight excluding hydrogens is 392 g/mol. The molecule has 0 atom stereocenters. The first-order chi connectivity index (χ1) is 14.0. The molecule has 0 radical (unpaired) electrons. The number of hydrogen-bond acceptors (Lipinski definition) is 6. The van der Waals surface area contributed by atoms with Crippen molar-refractivity contribution in [1.29, 1.82) is 0 Å². The standard InChI is InChI=1S/C20H16N4O4S/c1-2-28-19(27)18(26)21-12-7-8-14-16(10-12)29-20(23-14)24-17(25)15-9-11-5-3-4-6-13(11)22-15/h3-10,22H,2H2,1H3,(H,21,26)(H,23,24,25). The maximum Gasteiger partial charge on any atom is 0.397 e. The molecule has 0 fully saturated rings. The molecule has 2 heterocycles. The Morgan fingerprint density at radius 3 is 2.72 bits per heavy atom. The Bertz CT molecular complexity index is 1210. The minimum absolute atomic E-state index is 0.125. The highest BCUT2D eigenvalue weighted by atomic mass is 32.1. The van der Waals surface area contributed by atoms with Gasteiger partial charge < -0.3 is 15.0 Å². The van der Waals surface area contributed by atoms with Crippen LogP contribution in [0.15, 0.2) is 48.5 Å².